The summed E-state index contributed by atoms with van der Waals surface area (Å²) in [4.78, 5) is 20.8. The SMILES string of the molecule is CC[C@@H](C)NC(=S)N(Cc1cc2ccc(C)c(C)c2[nH]c1=O)C[C@@H]1CCCN1CC. The van der Waals surface area contributed by atoms with Gasteiger partial charge in [0.1, 0.15) is 0 Å². The number of likely N-dealkylation sites (tertiary alicyclic amines) is 1. The van der Waals surface area contributed by atoms with E-state index in [9.17, 15) is 4.79 Å². The van der Waals surface area contributed by atoms with Crippen LogP contribution < -0.4 is 10.9 Å². The van der Waals surface area contributed by atoms with Crippen LogP contribution in [0.1, 0.15) is 56.7 Å². The van der Waals surface area contributed by atoms with Crippen molar-refractivity contribution >= 4 is 28.2 Å². The average Bonchev–Trinajstić information content (AvgIpc) is 3.18. The largest absolute Gasteiger partial charge is 0.360 e. The van der Waals surface area contributed by atoms with Crippen molar-refractivity contribution in [3.8, 4) is 0 Å². The lowest BCUT2D eigenvalue weighted by molar-refractivity contribution is 0.218. The van der Waals surface area contributed by atoms with Crippen LogP contribution in [0.15, 0.2) is 23.0 Å². The summed E-state index contributed by atoms with van der Waals surface area (Å²) in [7, 11) is 0. The van der Waals surface area contributed by atoms with Crippen molar-refractivity contribution in [1.29, 1.82) is 0 Å². The molecule has 1 saturated heterocycles. The van der Waals surface area contributed by atoms with E-state index >= 15 is 0 Å². The molecular weight excluding hydrogens is 392 g/mol. The molecular formula is C24H36N4OS. The van der Waals surface area contributed by atoms with Crippen LogP contribution in [0.25, 0.3) is 10.9 Å². The van der Waals surface area contributed by atoms with Crippen LogP contribution in [-0.2, 0) is 6.54 Å². The Hall–Kier alpha value is -1.92. The lowest BCUT2D eigenvalue weighted by Gasteiger charge is -2.33. The summed E-state index contributed by atoms with van der Waals surface area (Å²) in [6, 6.07) is 7.03. The van der Waals surface area contributed by atoms with Gasteiger partial charge < -0.3 is 15.2 Å². The summed E-state index contributed by atoms with van der Waals surface area (Å²) < 4.78 is 0. The molecule has 0 aliphatic carbocycles. The number of benzene rings is 1. The van der Waals surface area contributed by atoms with Crippen LogP contribution >= 0.6 is 12.2 Å². The Morgan fingerprint density at radius 3 is 2.83 bits per heavy atom. The van der Waals surface area contributed by atoms with E-state index in [-0.39, 0.29) is 5.56 Å². The van der Waals surface area contributed by atoms with Gasteiger partial charge in [0.25, 0.3) is 5.56 Å². The Kier molecular flexibility index (Phi) is 7.53. The maximum absolute atomic E-state index is 12.9. The lowest BCUT2D eigenvalue weighted by atomic mass is 10.0. The summed E-state index contributed by atoms with van der Waals surface area (Å²) in [5.74, 6) is 0. The first-order chi connectivity index (χ1) is 14.3. The molecule has 1 aromatic carbocycles. The number of nitrogens with zero attached hydrogens (tertiary/aromatic N) is 2. The molecule has 1 aliphatic heterocycles. The number of nitrogens with one attached hydrogen (secondary N) is 2. The van der Waals surface area contributed by atoms with Crippen molar-refractivity contribution in [2.45, 2.75) is 72.5 Å². The molecule has 1 aliphatic rings. The summed E-state index contributed by atoms with van der Waals surface area (Å²) in [5, 5.41) is 5.27. The van der Waals surface area contributed by atoms with Crippen LogP contribution in [0.3, 0.4) is 0 Å². The van der Waals surface area contributed by atoms with Crippen molar-refractivity contribution in [3.05, 3.63) is 45.2 Å². The van der Waals surface area contributed by atoms with E-state index in [2.05, 4.69) is 66.9 Å². The minimum Gasteiger partial charge on any atom is -0.360 e. The lowest BCUT2D eigenvalue weighted by Crippen LogP contribution is -2.48. The number of aryl methyl sites for hydroxylation is 2. The van der Waals surface area contributed by atoms with Gasteiger partial charge in [0, 0.05) is 24.2 Å². The summed E-state index contributed by atoms with van der Waals surface area (Å²) in [6.45, 7) is 14.2. The van der Waals surface area contributed by atoms with Gasteiger partial charge in [-0.1, -0.05) is 26.0 Å². The molecule has 0 bridgehead atoms. The topological polar surface area (TPSA) is 51.4 Å². The number of H-pyrrole nitrogens is 1. The highest BCUT2D eigenvalue weighted by molar-refractivity contribution is 7.80. The second kappa shape index (κ2) is 9.92. The predicted molar refractivity (Wildman–Crippen MR) is 130 cm³/mol. The fourth-order valence-electron chi connectivity index (χ4n) is 4.29. The number of aromatic nitrogens is 1. The van der Waals surface area contributed by atoms with E-state index in [1.54, 1.807) is 0 Å². The number of fused-ring (bicyclic) bond motifs is 1. The van der Waals surface area contributed by atoms with Gasteiger partial charge in [0.15, 0.2) is 5.11 Å². The van der Waals surface area contributed by atoms with Gasteiger partial charge in [-0.2, -0.15) is 0 Å². The van der Waals surface area contributed by atoms with Gasteiger partial charge in [-0.05, 0) is 87.9 Å². The smallest absolute Gasteiger partial charge is 0.253 e. The zero-order chi connectivity index (χ0) is 21.8. The average molecular weight is 429 g/mol. The highest BCUT2D eigenvalue weighted by Gasteiger charge is 2.27. The minimum absolute atomic E-state index is 0.0219. The zero-order valence-electron chi connectivity index (χ0n) is 19.0. The molecule has 1 fully saturated rings. The first kappa shape index (κ1) is 22.8. The molecule has 6 heteroatoms. The van der Waals surface area contributed by atoms with Gasteiger partial charge >= 0.3 is 0 Å². The van der Waals surface area contributed by atoms with Crippen molar-refractivity contribution in [1.82, 2.24) is 20.1 Å². The van der Waals surface area contributed by atoms with Crippen LogP contribution in [0.4, 0.5) is 0 Å². The zero-order valence-corrected chi connectivity index (χ0v) is 19.9. The van der Waals surface area contributed by atoms with Crippen molar-refractivity contribution in [3.63, 3.8) is 0 Å². The molecule has 2 aromatic rings. The van der Waals surface area contributed by atoms with Crippen LogP contribution in [0.2, 0.25) is 0 Å². The van der Waals surface area contributed by atoms with E-state index in [0.717, 1.165) is 53.2 Å². The molecule has 30 heavy (non-hydrogen) atoms. The second-order valence-electron chi connectivity index (χ2n) is 8.66. The Bertz CT molecular complexity index is 954. The van der Waals surface area contributed by atoms with Gasteiger partial charge in [-0.25, -0.2) is 0 Å². The predicted octanol–water partition coefficient (Wildman–Crippen LogP) is 4.10. The number of hydrogen-bond donors (Lipinski definition) is 2. The summed E-state index contributed by atoms with van der Waals surface area (Å²) >= 11 is 5.79. The molecule has 164 valence electrons. The minimum atomic E-state index is -0.0219. The molecule has 0 spiro atoms. The van der Waals surface area contributed by atoms with E-state index in [0.29, 0.717) is 18.6 Å². The normalized spacial score (nSPS) is 18.0. The number of likely N-dealkylation sites (N-methyl/N-ethyl adjacent to an activating group) is 1. The first-order valence-corrected chi connectivity index (χ1v) is 11.7. The molecule has 3 rings (SSSR count). The molecule has 1 aromatic heterocycles. The Labute approximate surface area is 185 Å². The first-order valence-electron chi connectivity index (χ1n) is 11.3. The molecule has 2 atom stereocenters. The Morgan fingerprint density at radius 1 is 1.37 bits per heavy atom. The van der Waals surface area contributed by atoms with Crippen LogP contribution in [0, 0.1) is 13.8 Å². The monoisotopic (exact) mass is 428 g/mol. The second-order valence-corrected chi connectivity index (χ2v) is 9.05. The number of aromatic amines is 1. The number of rotatable bonds is 7. The quantitative estimate of drug-likeness (QED) is 0.650. The number of pyridine rings is 1. The molecule has 0 amide bonds. The van der Waals surface area contributed by atoms with Crippen molar-refractivity contribution < 1.29 is 0 Å². The molecule has 0 radical (unpaired) electrons. The Balaban J connectivity index is 1.89. The van der Waals surface area contributed by atoms with E-state index < -0.39 is 0 Å². The molecule has 0 saturated carbocycles. The molecule has 2 heterocycles. The third-order valence-electron chi connectivity index (χ3n) is 6.60. The van der Waals surface area contributed by atoms with E-state index in [1.807, 2.05) is 6.07 Å². The number of thiocarbonyl (C=S) groups is 1. The van der Waals surface area contributed by atoms with Gasteiger partial charge in [-0.3, -0.25) is 9.69 Å². The number of hydrogen-bond acceptors (Lipinski definition) is 3. The standard InChI is InChI=1S/C24H36N4OS/c1-6-17(4)25-24(30)28(15-21-9-8-12-27(21)7-2)14-20-13-19-11-10-16(3)18(5)22(19)26-23(20)29/h10-11,13,17,21H,6-9,12,14-15H2,1-5H3,(H,25,30)(H,26,29)/t17-,21+/m1/s1. The summed E-state index contributed by atoms with van der Waals surface area (Å²) in [5.41, 5.74) is 3.99. The van der Waals surface area contributed by atoms with Crippen LogP contribution in [0.5, 0.6) is 0 Å². The maximum Gasteiger partial charge on any atom is 0.253 e. The fourth-order valence-corrected chi connectivity index (χ4v) is 4.63. The van der Waals surface area contributed by atoms with E-state index in [1.165, 1.54) is 18.4 Å². The molecule has 2 N–H and O–H groups in total. The Morgan fingerprint density at radius 2 is 2.13 bits per heavy atom. The van der Waals surface area contributed by atoms with Crippen LogP contribution in [-0.4, -0.2) is 51.6 Å². The molecule has 5 nitrogen and oxygen atoms in total. The third-order valence-corrected chi connectivity index (χ3v) is 6.97. The van der Waals surface area contributed by atoms with Crippen molar-refractivity contribution in [2.75, 3.05) is 19.6 Å². The fraction of sp³-hybridized carbons (Fsp3) is 0.583. The summed E-state index contributed by atoms with van der Waals surface area (Å²) in [6.07, 6.45) is 3.42. The van der Waals surface area contributed by atoms with Gasteiger partial charge in [0.05, 0.1) is 12.1 Å². The highest BCUT2D eigenvalue weighted by Crippen LogP contribution is 2.21. The van der Waals surface area contributed by atoms with Gasteiger partial charge in [0.2, 0.25) is 0 Å². The van der Waals surface area contributed by atoms with E-state index in [4.69, 9.17) is 12.2 Å². The van der Waals surface area contributed by atoms with Gasteiger partial charge in [-0.15, -0.1) is 0 Å². The third kappa shape index (κ3) is 5.03. The maximum atomic E-state index is 12.9. The molecule has 0 unspecified atom stereocenters. The highest BCUT2D eigenvalue weighted by atomic mass is 32.1. The van der Waals surface area contributed by atoms with Crippen molar-refractivity contribution in [2.24, 2.45) is 0 Å².